The standard InChI is InChI=1S/C26H42IN3O2/c1-7-8-9-10-11-12-13-14-22(24(2,3)4)32-25(5,6)26(17-31-18-26)30-16-21(27)20-15-28-19-29-23(20)30/h15-16,19,22H,7-14,17-18H2,1-6H3. The van der Waals surface area contributed by atoms with Gasteiger partial charge in [-0.05, 0) is 48.3 Å². The molecule has 1 unspecified atom stereocenters. The molecule has 1 aliphatic rings. The number of rotatable bonds is 12. The Morgan fingerprint density at radius 2 is 1.75 bits per heavy atom. The summed E-state index contributed by atoms with van der Waals surface area (Å²) in [5.74, 6) is 0. The van der Waals surface area contributed by atoms with Gasteiger partial charge in [-0.25, -0.2) is 9.97 Å². The molecule has 0 saturated carbocycles. The summed E-state index contributed by atoms with van der Waals surface area (Å²) in [5, 5.41) is 1.09. The first-order chi connectivity index (χ1) is 15.1. The van der Waals surface area contributed by atoms with Crippen molar-refractivity contribution in [3.05, 3.63) is 22.3 Å². The van der Waals surface area contributed by atoms with Crippen LogP contribution in [-0.4, -0.2) is 39.5 Å². The maximum absolute atomic E-state index is 7.02. The highest BCUT2D eigenvalue weighted by Gasteiger charge is 2.55. The minimum atomic E-state index is -0.399. The van der Waals surface area contributed by atoms with E-state index in [0.29, 0.717) is 13.2 Å². The largest absolute Gasteiger partial charge is 0.376 e. The van der Waals surface area contributed by atoms with Crippen LogP contribution in [0.1, 0.15) is 92.9 Å². The molecule has 3 heterocycles. The quantitative estimate of drug-likeness (QED) is 0.207. The molecule has 32 heavy (non-hydrogen) atoms. The number of halogens is 1. The van der Waals surface area contributed by atoms with E-state index < -0.39 is 5.60 Å². The summed E-state index contributed by atoms with van der Waals surface area (Å²) < 4.78 is 16.3. The van der Waals surface area contributed by atoms with Crippen LogP contribution in [0.5, 0.6) is 0 Å². The molecule has 3 rings (SSSR count). The first-order valence-corrected chi connectivity index (χ1v) is 13.4. The van der Waals surface area contributed by atoms with Gasteiger partial charge in [0.15, 0.2) is 0 Å². The third-order valence-corrected chi connectivity index (χ3v) is 8.01. The normalized spacial score (nSPS) is 17.5. The van der Waals surface area contributed by atoms with Crippen molar-refractivity contribution in [2.24, 2.45) is 5.41 Å². The Hall–Kier alpha value is -0.730. The lowest BCUT2D eigenvalue weighted by Crippen LogP contribution is -2.66. The van der Waals surface area contributed by atoms with Crippen LogP contribution in [0.15, 0.2) is 18.7 Å². The van der Waals surface area contributed by atoms with E-state index in [2.05, 4.69) is 84.9 Å². The van der Waals surface area contributed by atoms with Crippen molar-refractivity contribution in [3.63, 3.8) is 0 Å². The maximum Gasteiger partial charge on any atom is 0.145 e. The second kappa shape index (κ2) is 10.7. The average molecular weight is 556 g/mol. The fourth-order valence-corrected chi connectivity index (χ4v) is 5.41. The summed E-state index contributed by atoms with van der Waals surface area (Å²) in [5.41, 5.74) is 0.376. The minimum absolute atomic E-state index is 0.0840. The second-order valence-electron chi connectivity index (χ2n) is 11.0. The molecule has 2 aromatic rings. The van der Waals surface area contributed by atoms with Crippen molar-refractivity contribution in [2.45, 2.75) is 110 Å². The molecule has 0 aromatic carbocycles. The zero-order valence-electron chi connectivity index (χ0n) is 20.9. The molecule has 0 amide bonds. The highest BCUT2D eigenvalue weighted by molar-refractivity contribution is 14.1. The zero-order valence-corrected chi connectivity index (χ0v) is 23.1. The van der Waals surface area contributed by atoms with E-state index in [1.54, 1.807) is 6.33 Å². The summed E-state index contributed by atoms with van der Waals surface area (Å²) in [4.78, 5) is 8.85. The monoisotopic (exact) mass is 555 g/mol. The SMILES string of the molecule is CCCCCCCCCC(OC(C)(C)C1(n2cc(I)c3cncnc32)COC1)C(C)(C)C. The van der Waals surface area contributed by atoms with Crippen LogP contribution >= 0.6 is 22.6 Å². The Morgan fingerprint density at radius 1 is 1.09 bits per heavy atom. The van der Waals surface area contributed by atoms with Crippen LogP contribution in [0.3, 0.4) is 0 Å². The molecule has 1 aliphatic heterocycles. The molecule has 180 valence electrons. The van der Waals surface area contributed by atoms with E-state index in [1.807, 2.05) is 6.20 Å². The molecule has 0 bridgehead atoms. The topological polar surface area (TPSA) is 49.2 Å². The number of nitrogens with zero attached hydrogens (tertiary/aromatic N) is 3. The molecule has 1 atom stereocenters. The van der Waals surface area contributed by atoms with E-state index >= 15 is 0 Å². The number of fused-ring (bicyclic) bond motifs is 1. The van der Waals surface area contributed by atoms with Gasteiger partial charge in [0.1, 0.15) is 17.5 Å². The van der Waals surface area contributed by atoms with Gasteiger partial charge < -0.3 is 14.0 Å². The molecule has 0 N–H and O–H groups in total. The molecular formula is C26H42IN3O2. The lowest BCUT2D eigenvalue weighted by molar-refractivity contribution is -0.241. The molecule has 1 saturated heterocycles. The summed E-state index contributed by atoms with van der Waals surface area (Å²) in [6, 6.07) is 0. The summed E-state index contributed by atoms with van der Waals surface area (Å²) in [6.07, 6.45) is 16.3. The van der Waals surface area contributed by atoms with Gasteiger partial charge in [-0.1, -0.05) is 72.6 Å². The average Bonchev–Trinajstić information content (AvgIpc) is 3.01. The Bertz CT molecular complexity index is 868. The lowest BCUT2D eigenvalue weighted by atomic mass is 9.78. The fraction of sp³-hybridized carbons (Fsp3) is 0.769. The molecule has 5 nitrogen and oxygen atoms in total. The van der Waals surface area contributed by atoms with Crippen LogP contribution in [0.4, 0.5) is 0 Å². The van der Waals surface area contributed by atoms with Gasteiger partial charge in [0.05, 0.1) is 30.3 Å². The van der Waals surface area contributed by atoms with Crippen LogP contribution in [0, 0.1) is 8.99 Å². The molecule has 0 aliphatic carbocycles. The predicted molar refractivity (Wildman–Crippen MR) is 140 cm³/mol. The number of ether oxygens (including phenoxy) is 2. The predicted octanol–water partition coefficient (Wildman–Crippen LogP) is 7.11. The van der Waals surface area contributed by atoms with Gasteiger partial charge in [0.2, 0.25) is 0 Å². The van der Waals surface area contributed by atoms with Gasteiger partial charge >= 0.3 is 0 Å². The molecular weight excluding hydrogens is 513 g/mol. The van der Waals surface area contributed by atoms with Crippen LogP contribution in [0.25, 0.3) is 11.0 Å². The fourth-order valence-electron chi connectivity index (χ4n) is 4.75. The Labute approximate surface area is 208 Å². The summed E-state index contributed by atoms with van der Waals surface area (Å²) in [6.45, 7) is 14.9. The van der Waals surface area contributed by atoms with Gasteiger partial charge in [-0.3, -0.25) is 0 Å². The second-order valence-corrected chi connectivity index (χ2v) is 12.2. The van der Waals surface area contributed by atoms with Crippen molar-refractivity contribution in [1.82, 2.24) is 14.5 Å². The lowest BCUT2D eigenvalue weighted by Gasteiger charge is -2.54. The van der Waals surface area contributed by atoms with Crippen molar-refractivity contribution >= 4 is 33.6 Å². The van der Waals surface area contributed by atoms with E-state index in [4.69, 9.17) is 9.47 Å². The van der Waals surface area contributed by atoms with E-state index in [-0.39, 0.29) is 17.1 Å². The van der Waals surface area contributed by atoms with Gasteiger partial charge in [0.25, 0.3) is 0 Å². The first kappa shape index (κ1) is 25.9. The molecule has 1 fully saturated rings. The van der Waals surface area contributed by atoms with Crippen LogP contribution in [-0.2, 0) is 15.0 Å². The van der Waals surface area contributed by atoms with Gasteiger partial charge in [-0.2, -0.15) is 0 Å². The Kier molecular flexibility index (Phi) is 8.64. The Balaban J connectivity index is 1.74. The summed E-state index contributed by atoms with van der Waals surface area (Å²) >= 11 is 2.38. The van der Waals surface area contributed by atoms with Crippen LogP contribution < -0.4 is 0 Å². The zero-order chi connectivity index (χ0) is 23.4. The molecule has 6 heteroatoms. The number of hydrogen-bond acceptors (Lipinski definition) is 4. The first-order valence-electron chi connectivity index (χ1n) is 12.3. The minimum Gasteiger partial charge on any atom is -0.376 e. The van der Waals surface area contributed by atoms with Crippen molar-refractivity contribution < 1.29 is 9.47 Å². The third-order valence-electron chi connectivity index (χ3n) is 7.16. The van der Waals surface area contributed by atoms with Crippen molar-refractivity contribution in [1.29, 1.82) is 0 Å². The molecule has 2 aromatic heterocycles. The number of aromatic nitrogens is 3. The Morgan fingerprint density at radius 3 is 2.34 bits per heavy atom. The number of hydrogen-bond donors (Lipinski definition) is 0. The van der Waals surface area contributed by atoms with E-state index in [9.17, 15) is 0 Å². The summed E-state index contributed by atoms with van der Waals surface area (Å²) in [7, 11) is 0. The van der Waals surface area contributed by atoms with E-state index in [1.165, 1.54) is 44.9 Å². The highest BCUT2D eigenvalue weighted by atomic mass is 127. The maximum atomic E-state index is 7.02. The molecule has 0 radical (unpaired) electrons. The smallest absolute Gasteiger partial charge is 0.145 e. The van der Waals surface area contributed by atoms with Gasteiger partial charge in [0, 0.05) is 16.0 Å². The van der Waals surface area contributed by atoms with Crippen molar-refractivity contribution in [3.8, 4) is 0 Å². The van der Waals surface area contributed by atoms with Gasteiger partial charge in [-0.15, -0.1) is 0 Å². The highest BCUT2D eigenvalue weighted by Crippen LogP contribution is 2.45. The third kappa shape index (κ3) is 5.49. The number of unbranched alkanes of at least 4 members (excludes halogenated alkanes) is 6. The molecule has 0 spiro atoms. The van der Waals surface area contributed by atoms with Crippen molar-refractivity contribution in [2.75, 3.05) is 13.2 Å². The van der Waals surface area contributed by atoms with E-state index in [0.717, 1.165) is 21.0 Å². The van der Waals surface area contributed by atoms with Crippen LogP contribution in [0.2, 0.25) is 0 Å².